The Morgan fingerprint density at radius 2 is 1.86 bits per heavy atom. The summed E-state index contributed by atoms with van der Waals surface area (Å²) in [7, 11) is 0. The van der Waals surface area contributed by atoms with Crippen molar-refractivity contribution in [2.45, 2.75) is 37.6 Å². The van der Waals surface area contributed by atoms with Crippen molar-refractivity contribution in [2.24, 2.45) is 0 Å². The number of ether oxygens (including phenoxy) is 4. The molecule has 1 aromatic heterocycles. The predicted molar refractivity (Wildman–Crippen MR) is 117 cm³/mol. The van der Waals surface area contributed by atoms with Crippen molar-refractivity contribution < 1.29 is 40.9 Å². The van der Waals surface area contributed by atoms with Crippen LogP contribution in [0.5, 0.6) is 23.1 Å². The first-order valence-electron chi connectivity index (χ1n) is 11.2. The van der Waals surface area contributed by atoms with Gasteiger partial charge in [0.05, 0.1) is 24.8 Å². The normalized spacial score (nSPS) is 21.6. The van der Waals surface area contributed by atoms with Gasteiger partial charge in [0, 0.05) is 25.1 Å². The van der Waals surface area contributed by atoms with Gasteiger partial charge in [-0.25, -0.2) is 13.6 Å². The van der Waals surface area contributed by atoms with Crippen LogP contribution in [-0.4, -0.2) is 40.7 Å². The van der Waals surface area contributed by atoms with Crippen LogP contribution in [-0.2, 0) is 17.9 Å². The molecule has 0 saturated carbocycles. The number of benzene rings is 2. The van der Waals surface area contributed by atoms with Gasteiger partial charge in [-0.1, -0.05) is 6.07 Å². The predicted octanol–water partition coefficient (Wildman–Crippen LogP) is 4.15. The highest BCUT2D eigenvalue weighted by atomic mass is 19.4. The highest BCUT2D eigenvalue weighted by molar-refractivity contribution is 5.52. The van der Waals surface area contributed by atoms with E-state index in [-0.39, 0.29) is 35.4 Å². The number of hydrogen-bond donors (Lipinski definition) is 0. The summed E-state index contributed by atoms with van der Waals surface area (Å²) in [6, 6.07) is 7.82. The molecule has 0 radical (unpaired) electrons. The molecule has 2 bridgehead atoms. The van der Waals surface area contributed by atoms with Crippen molar-refractivity contribution in [2.75, 3.05) is 18.1 Å². The van der Waals surface area contributed by atoms with Crippen molar-refractivity contribution in [3.8, 4) is 23.1 Å². The lowest BCUT2D eigenvalue weighted by atomic mass is 10.0. The molecule has 13 heteroatoms. The second-order valence-corrected chi connectivity index (χ2v) is 9.10. The molecule has 0 N–H and O–H groups in total. The molecule has 0 amide bonds. The zero-order valence-electron chi connectivity index (χ0n) is 18.9. The van der Waals surface area contributed by atoms with Gasteiger partial charge in [0.25, 0.3) is 0 Å². The van der Waals surface area contributed by atoms with Gasteiger partial charge in [0.15, 0.2) is 17.4 Å². The Morgan fingerprint density at radius 1 is 1.11 bits per heavy atom. The fraction of sp³-hybridized carbons (Fsp3) is 0.333. The van der Waals surface area contributed by atoms with Crippen LogP contribution < -0.4 is 24.8 Å². The van der Waals surface area contributed by atoms with Crippen LogP contribution >= 0.6 is 0 Å². The third kappa shape index (κ3) is 4.32. The number of rotatable bonds is 6. The number of halogens is 5. The summed E-state index contributed by atoms with van der Waals surface area (Å²) in [4.78, 5) is 18.6. The summed E-state index contributed by atoms with van der Waals surface area (Å²) in [5, 5.41) is 0. The number of hydrogen-bond acceptors (Lipinski definition) is 7. The van der Waals surface area contributed by atoms with Gasteiger partial charge in [-0.05, 0) is 29.8 Å². The lowest BCUT2D eigenvalue weighted by Gasteiger charge is -2.32. The van der Waals surface area contributed by atoms with E-state index >= 15 is 0 Å². The van der Waals surface area contributed by atoms with Crippen molar-refractivity contribution in [3.63, 3.8) is 0 Å². The molecule has 2 aromatic carbocycles. The molecule has 2 fully saturated rings. The van der Waals surface area contributed by atoms with Crippen molar-refractivity contribution >= 4 is 5.82 Å². The van der Waals surface area contributed by atoms with Crippen LogP contribution in [0, 0.1) is 11.6 Å². The van der Waals surface area contributed by atoms with Crippen molar-refractivity contribution in [1.29, 1.82) is 0 Å². The molecule has 3 aliphatic rings. The number of alkyl halides is 3. The lowest BCUT2D eigenvalue weighted by molar-refractivity contribution is -0.274. The minimum absolute atomic E-state index is 0.0135. The summed E-state index contributed by atoms with van der Waals surface area (Å²) >= 11 is 0. The first-order valence-corrected chi connectivity index (χ1v) is 11.2. The van der Waals surface area contributed by atoms with E-state index in [1.54, 1.807) is 10.6 Å². The molecule has 194 valence electrons. The maximum Gasteiger partial charge on any atom is 0.573 e. The number of morpholine rings is 1. The fourth-order valence-electron chi connectivity index (χ4n) is 5.07. The van der Waals surface area contributed by atoms with Crippen LogP contribution in [0.4, 0.5) is 27.8 Å². The first kappa shape index (κ1) is 23.5. The number of anilines is 1. The Balaban J connectivity index is 1.17. The monoisotopic (exact) mass is 523 g/mol. The number of fused-ring (bicyclic) bond motifs is 3. The molecule has 0 aliphatic carbocycles. The highest BCUT2D eigenvalue weighted by Gasteiger charge is 2.56. The van der Waals surface area contributed by atoms with Crippen LogP contribution in [0.15, 0.2) is 47.3 Å². The van der Waals surface area contributed by atoms with Gasteiger partial charge in [0.2, 0.25) is 5.88 Å². The smallest absolute Gasteiger partial charge is 0.473 e. The molecule has 37 heavy (non-hydrogen) atoms. The Morgan fingerprint density at radius 3 is 2.59 bits per heavy atom. The zero-order valence-corrected chi connectivity index (χ0v) is 18.9. The maximum absolute atomic E-state index is 14.7. The van der Waals surface area contributed by atoms with E-state index in [2.05, 4.69) is 14.6 Å². The Bertz CT molecular complexity index is 1420. The molecular weight excluding hydrogens is 505 g/mol. The van der Waals surface area contributed by atoms with E-state index in [1.807, 2.05) is 0 Å². The van der Waals surface area contributed by atoms with Gasteiger partial charge in [0.1, 0.15) is 23.9 Å². The van der Waals surface area contributed by atoms with Gasteiger partial charge >= 0.3 is 12.1 Å². The summed E-state index contributed by atoms with van der Waals surface area (Å²) in [5.74, 6) is -3.19. The SMILES string of the molecule is O=c1nc(OCc2cc(F)c(Oc3cccc(OC(F)(F)F)c3)c(F)c2)cc2n1C[C@]13CO[C@H](CN21)C3. The fourth-order valence-corrected chi connectivity index (χ4v) is 5.07. The van der Waals surface area contributed by atoms with E-state index in [0.717, 1.165) is 30.7 Å². The van der Waals surface area contributed by atoms with Crippen LogP contribution in [0.3, 0.4) is 0 Å². The minimum Gasteiger partial charge on any atom is -0.473 e. The zero-order chi connectivity index (χ0) is 25.9. The molecule has 0 unspecified atom stereocenters. The average molecular weight is 523 g/mol. The number of aromatic nitrogens is 2. The summed E-state index contributed by atoms with van der Waals surface area (Å²) in [5.41, 5.74) is -0.654. The third-order valence-electron chi connectivity index (χ3n) is 6.55. The van der Waals surface area contributed by atoms with Crippen molar-refractivity contribution in [1.82, 2.24) is 9.55 Å². The molecule has 6 rings (SSSR count). The third-order valence-corrected chi connectivity index (χ3v) is 6.55. The van der Waals surface area contributed by atoms with E-state index in [0.29, 0.717) is 25.5 Å². The minimum atomic E-state index is -4.93. The molecule has 1 spiro atoms. The number of nitrogens with zero attached hydrogens (tertiary/aromatic N) is 3. The maximum atomic E-state index is 14.7. The first-order chi connectivity index (χ1) is 17.6. The van der Waals surface area contributed by atoms with Crippen LogP contribution in [0.2, 0.25) is 0 Å². The van der Waals surface area contributed by atoms with Crippen molar-refractivity contribution in [3.05, 3.63) is 70.1 Å². The molecule has 2 atom stereocenters. The molecule has 4 heterocycles. The molecular formula is C24H18F5N3O5. The Hall–Kier alpha value is -3.87. The quantitative estimate of drug-likeness (QED) is 0.450. The average Bonchev–Trinajstić information content (AvgIpc) is 3.48. The second kappa shape index (κ2) is 8.33. The standard InChI is InChI=1S/C24H18F5N3O5/c25-17-4-13(5-18(26)21(17)36-14-2-1-3-15(6-14)37-24(27,28)29)10-34-19-7-20-31(22(33)30-19)11-23-8-16(35-12-23)9-32(20)23/h1-7,16H,8-12H2/t16-,23+/m0/s1. The van der Waals surface area contributed by atoms with E-state index < -0.39 is 35.2 Å². The van der Waals surface area contributed by atoms with Crippen LogP contribution in [0.25, 0.3) is 0 Å². The summed E-state index contributed by atoms with van der Waals surface area (Å²) in [6.45, 7) is 1.37. The largest absolute Gasteiger partial charge is 0.573 e. The molecule has 2 saturated heterocycles. The highest BCUT2D eigenvalue weighted by Crippen LogP contribution is 2.46. The Kier molecular flexibility index (Phi) is 5.30. The molecule has 3 aromatic rings. The van der Waals surface area contributed by atoms with E-state index in [1.165, 1.54) is 12.1 Å². The van der Waals surface area contributed by atoms with Gasteiger partial charge in [-0.15, -0.1) is 13.2 Å². The summed E-state index contributed by atoms with van der Waals surface area (Å²) in [6.07, 6.45) is -3.98. The van der Waals surface area contributed by atoms with E-state index in [9.17, 15) is 26.7 Å². The molecule has 8 nitrogen and oxygen atoms in total. The lowest BCUT2D eigenvalue weighted by Crippen LogP contribution is -2.46. The van der Waals surface area contributed by atoms with Gasteiger partial charge in [-0.3, -0.25) is 4.57 Å². The topological polar surface area (TPSA) is 75.0 Å². The van der Waals surface area contributed by atoms with Crippen LogP contribution in [0.1, 0.15) is 12.0 Å². The Labute approximate surface area is 205 Å². The van der Waals surface area contributed by atoms with Gasteiger partial charge < -0.3 is 23.8 Å². The summed E-state index contributed by atoms with van der Waals surface area (Å²) < 4.78 is 88.3. The van der Waals surface area contributed by atoms with E-state index in [4.69, 9.17) is 14.2 Å². The van der Waals surface area contributed by atoms with Gasteiger partial charge in [-0.2, -0.15) is 4.98 Å². The molecule has 3 aliphatic heterocycles. The second-order valence-electron chi connectivity index (χ2n) is 9.10.